The molecule has 1 atom stereocenters. The molecule has 1 aromatic carbocycles. The first kappa shape index (κ1) is 20.5. The van der Waals surface area contributed by atoms with Gasteiger partial charge in [-0.2, -0.15) is 0 Å². The van der Waals surface area contributed by atoms with E-state index in [0.29, 0.717) is 25.6 Å². The van der Waals surface area contributed by atoms with Crippen LogP contribution in [0, 0.1) is 0 Å². The first-order valence-corrected chi connectivity index (χ1v) is 8.34. The van der Waals surface area contributed by atoms with Crippen molar-refractivity contribution in [3.05, 3.63) is 35.9 Å². The van der Waals surface area contributed by atoms with Gasteiger partial charge in [-0.3, -0.25) is 9.59 Å². The predicted molar refractivity (Wildman–Crippen MR) is 98.1 cm³/mol. The minimum Gasteiger partial charge on any atom is -0.341 e. The van der Waals surface area contributed by atoms with Gasteiger partial charge in [0.2, 0.25) is 11.8 Å². The normalized spacial score (nSPS) is 17.1. The van der Waals surface area contributed by atoms with Crippen molar-refractivity contribution in [3.8, 4) is 0 Å². The molecular formula is C18H28ClN3O2. The van der Waals surface area contributed by atoms with Crippen LogP contribution in [-0.2, 0) is 16.1 Å². The Balaban J connectivity index is 0.00000288. The van der Waals surface area contributed by atoms with E-state index in [1.807, 2.05) is 42.3 Å². The zero-order chi connectivity index (χ0) is 16.7. The Labute approximate surface area is 150 Å². The van der Waals surface area contributed by atoms with Gasteiger partial charge >= 0.3 is 0 Å². The van der Waals surface area contributed by atoms with Crippen LogP contribution in [0.2, 0.25) is 0 Å². The molecule has 0 radical (unpaired) electrons. The minimum absolute atomic E-state index is 0. The Morgan fingerprint density at radius 2 is 2.00 bits per heavy atom. The van der Waals surface area contributed by atoms with Gasteiger partial charge in [-0.25, -0.2) is 0 Å². The van der Waals surface area contributed by atoms with Gasteiger partial charge in [-0.05, 0) is 25.5 Å². The van der Waals surface area contributed by atoms with Gasteiger partial charge < -0.3 is 15.1 Å². The van der Waals surface area contributed by atoms with E-state index in [1.165, 1.54) is 0 Å². The molecule has 1 aliphatic heterocycles. The van der Waals surface area contributed by atoms with Crippen LogP contribution in [-0.4, -0.2) is 54.3 Å². The van der Waals surface area contributed by atoms with Crippen molar-refractivity contribution >= 4 is 24.2 Å². The van der Waals surface area contributed by atoms with E-state index in [-0.39, 0.29) is 24.2 Å². The maximum Gasteiger partial charge on any atom is 0.224 e. The van der Waals surface area contributed by atoms with Gasteiger partial charge in [0.25, 0.3) is 0 Å². The van der Waals surface area contributed by atoms with Crippen LogP contribution >= 0.6 is 12.4 Å². The summed E-state index contributed by atoms with van der Waals surface area (Å²) >= 11 is 0. The van der Waals surface area contributed by atoms with Gasteiger partial charge in [0.05, 0.1) is 0 Å². The lowest BCUT2D eigenvalue weighted by molar-refractivity contribution is -0.134. The third-order valence-corrected chi connectivity index (χ3v) is 4.44. The molecule has 1 saturated heterocycles. The standard InChI is InChI=1S/C18H27N3O2.ClH/c1-15(22)20(13-16-7-4-3-5-8-16)12-10-18(23)21-11-6-9-17(14-21)19-2;/h3-5,7-8,17,19H,6,9-14H2,1-2H3;1H. The van der Waals surface area contributed by atoms with Gasteiger partial charge in [0.1, 0.15) is 0 Å². The first-order chi connectivity index (χ1) is 11.1. The van der Waals surface area contributed by atoms with Crippen LogP contribution in [0.5, 0.6) is 0 Å². The highest BCUT2D eigenvalue weighted by molar-refractivity contribution is 5.85. The molecule has 24 heavy (non-hydrogen) atoms. The number of carbonyl (C=O) groups is 2. The van der Waals surface area contributed by atoms with Crippen LogP contribution in [0.1, 0.15) is 31.7 Å². The molecule has 0 saturated carbocycles. The molecule has 1 unspecified atom stereocenters. The summed E-state index contributed by atoms with van der Waals surface area (Å²) in [5, 5.41) is 3.25. The number of carbonyl (C=O) groups excluding carboxylic acids is 2. The number of amides is 2. The van der Waals surface area contributed by atoms with Crippen LogP contribution in [0.4, 0.5) is 0 Å². The van der Waals surface area contributed by atoms with Crippen molar-refractivity contribution in [1.29, 1.82) is 0 Å². The number of rotatable bonds is 6. The van der Waals surface area contributed by atoms with Crippen LogP contribution < -0.4 is 5.32 Å². The molecule has 1 heterocycles. The molecule has 1 N–H and O–H groups in total. The van der Waals surface area contributed by atoms with E-state index in [4.69, 9.17) is 0 Å². The summed E-state index contributed by atoms with van der Waals surface area (Å²) in [7, 11) is 1.94. The van der Waals surface area contributed by atoms with Gasteiger partial charge in [0.15, 0.2) is 0 Å². The van der Waals surface area contributed by atoms with E-state index in [9.17, 15) is 9.59 Å². The summed E-state index contributed by atoms with van der Waals surface area (Å²) in [6.07, 6.45) is 2.55. The molecule has 134 valence electrons. The van der Waals surface area contributed by atoms with Crippen molar-refractivity contribution in [1.82, 2.24) is 15.1 Å². The molecule has 0 aliphatic carbocycles. The molecule has 1 aromatic rings. The third kappa shape index (κ3) is 6.13. The van der Waals surface area contributed by atoms with Gasteiger partial charge in [-0.1, -0.05) is 30.3 Å². The Morgan fingerprint density at radius 1 is 1.29 bits per heavy atom. The summed E-state index contributed by atoms with van der Waals surface area (Å²) in [6.45, 7) is 4.20. The maximum absolute atomic E-state index is 12.4. The van der Waals surface area contributed by atoms with Crippen molar-refractivity contribution in [2.24, 2.45) is 0 Å². The van der Waals surface area contributed by atoms with Crippen LogP contribution in [0.3, 0.4) is 0 Å². The Kier molecular flexibility index (Phi) is 8.79. The van der Waals surface area contributed by atoms with Crippen molar-refractivity contribution in [2.75, 3.05) is 26.7 Å². The summed E-state index contributed by atoms with van der Waals surface area (Å²) in [6, 6.07) is 10.3. The zero-order valence-corrected chi connectivity index (χ0v) is 15.3. The number of likely N-dealkylation sites (N-methyl/N-ethyl adjacent to an activating group) is 1. The van der Waals surface area contributed by atoms with Gasteiger partial charge in [-0.15, -0.1) is 12.4 Å². The fourth-order valence-electron chi connectivity index (χ4n) is 2.98. The second-order valence-electron chi connectivity index (χ2n) is 6.14. The lowest BCUT2D eigenvalue weighted by Crippen LogP contribution is -2.47. The molecule has 0 bridgehead atoms. The maximum atomic E-state index is 12.4. The van der Waals surface area contributed by atoms with E-state index in [1.54, 1.807) is 11.8 Å². The molecule has 0 spiro atoms. The number of benzene rings is 1. The molecule has 0 aromatic heterocycles. The number of hydrogen-bond donors (Lipinski definition) is 1. The Bertz CT molecular complexity index is 524. The lowest BCUT2D eigenvalue weighted by Gasteiger charge is -2.33. The number of nitrogens with zero attached hydrogens (tertiary/aromatic N) is 2. The van der Waals surface area contributed by atoms with E-state index < -0.39 is 0 Å². The van der Waals surface area contributed by atoms with Crippen molar-refractivity contribution in [2.45, 2.75) is 38.8 Å². The summed E-state index contributed by atoms with van der Waals surface area (Å²) in [4.78, 5) is 27.9. The van der Waals surface area contributed by atoms with E-state index in [0.717, 1.165) is 31.5 Å². The predicted octanol–water partition coefficient (Wildman–Crippen LogP) is 2.06. The Hall–Kier alpha value is -1.59. The minimum atomic E-state index is 0. The summed E-state index contributed by atoms with van der Waals surface area (Å²) in [5.41, 5.74) is 1.09. The molecule has 1 aliphatic rings. The van der Waals surface area contributed by atoms with E-state index >= 15 is 0 Å². The number of piperidine rings is 1. The SMILES string of the molecule is CNC1CCCN(C(=O)CCN(Cc2ccccc2)C(C)=O)C1.Cl. The average molecular weight is 354 g/mol. The number of nitrogens with one attached hydrogen (secondary N) is 1. The average Bonchev–Trinajstić information content (AvgIpc) is 2.59. The quantitative estimate of drug-likeness (QED) is 0.851. The second kappa shape index (κ2) is 10.3. The van der Waals surface area contributed by atoms with E-state index in [2.05, 4.69) is 5.32 Å². The monoisotopic (exact) mass is 353 g/mol. The molecule has 2 rings (SSSR count). The smallest absolute Gasteiger partial charge is 0.224 e. The number of halogens is 1. The number of hydrogen-bond acceptors (Lipinski definition) is 3. The molecular weight excluding hydrogens is 326 g/mol. The van der Waals surface area contributed by atoms with Crippen molar-refractivity contribution < 1.29 is 9.59 Å². The third-order valence-electron chi connectivity index (χ3n) is 4.44. The largest absolute Gasteiger partial charge is 0.341 e. The van der Waals surface area contributed by atoms with Crippen LogP contribution in [0.15, 0.2) is 30.3 Å². The highest BCUT2D eigenvalue weighted by atomic mass is 35.5. The highest BCUT2D eigenvalue weighted by Gasteiger charge is 2.23. The highest BCUT2D eigenvalue weighted by Crippen LogP contribution is 2.12. The Morgan fingerprint density at radius 3 is 2.62 bits per heavy atom. The molecule has 2 amide bonds. The number of likely N-dealkylation sites (tertiary alicyclic amines) is 1. The zero-order valence-electron chi connectivity index (χ0n) is 14.5. The summed E-state index contributed by atoms with van der Waals surface area (Å²) < 4.78 is 0. The molecule has 6 heteroatoms. The topological polar surface area (TPSA) is 52.7 Å². The summed E-state index contributed by atoms with van der Waals surface area (Å²) in [5.74, 6) is 0.151. The first-order valence-electron chi connectivity index (χ1n) is 8.34. The molecule has 1 fully saturated rings. The lowest BCUT2D eigenvalue weighted by atomic mass is 10.1. The fraction of sp³-hybridized carbons (Fsp3) is 0.556. The fourth-order valence-corrected chi connectivity index (χ4v) is 2.98. The van der Waals surface area contributed by atoms with Crippen LogP contribution in [0.25, 0.3) is 0 Å². The van der Waals surface area contributed by atoms with Gasteiger partial charge in [0, 0.05) is 45.6 Å². The molecule has 5 nitrogen and oxygen atoms in total. The second-order valence-corrected chi connectivity index (χ2v) is 6.14. The van der Waals surface area contributed by atoms with Crippen molar-refractivity contribution in [3.63, 3.8) is 0 Å².